The van der Waals surface area contributed by atoms with Crippen LogP contribution in [0.15, 0.2) is 24.3 Å². The van der Waals surface area contributed by atoms with E-state index in [9.17, 15) is 4.79 Å². The topological polar surface area (TPSA) is 55.1 Å². The first-order valence-corrected chi connectivity index (χ1v) is 7.19. The Morgan fingerprint density at radius 3 is 2.89 bits per heavy atom. The van der Waals surface area contributed by atoms with E-state index in [2.05, 4.69) is 30.4 Å². The summed E-state index contributed by atoms with van der Waals surface area (Å²) in [7, 11) is 0. The Morgan fingerprint density at radius 2 is 2.21 bits per heavy atom. The molecule has 104 valence electrons. The van der Waals surface area contributed by atoms with Gasteiger partial charge >= 0.3 is 0 Å². The van der Waals surface area contributed by atoms with Gasteiger partial charge in [0.2, 0.25) is 5.91 Å². The van der Waals surface area contributed by atoms with Crippen molar-refractivity contribution in [2.24, 2.45) is 5.73 Å². The van der Waals surface area contributed by atoms with Gasteiger partial charge in [-0.25, -0.2) is 0 Å². The minimum absolute atomic E-state index is 0.0117. The van der Waals surface area contributed by atoms with Gasteiger partial charge in [0.1, 0.15) is 0 Å². The van der Waals surface area contributed by atoms with E-state index in [0.29, 0.717) is 6.54 Å². The summed E-state index contributed by atoms with van der Waals surface area (Å²) in [5.41, 5.74) is 8.00. The van der Waals surface area contributed by atoms with Crippen LogP contribution >= 0.6 is 0 Å². The summed E-state index contributed by atoms with van der Waals surface area (Å²) in [6, 6.07) is 8.29. The van der Waals surface area contributed by atoms with Crippen LogP contribution in [0.1, 0.15) is 50.2 Å². The Bertz CT molecular complexity index is 452. The number of nitrogens with two attached hydrogens (primary N) is 1. The average molecular weight is 260 g/mol. The molecule has 19 heavy (non-hydrogen) atoms. The lowest BCUT2D eigenvalue weighted by Crippen LogP contribution is -2.52. The number of nitrogens with one attached hydrogen (secondary N) is 1. The molecule has 2 rings (SSSR count). The quantitative estimate of drug-likeness (QED) is 0.873. The summed E-state index contributed by atoms with van der Waals surface area (Å²) in [6.45, 7) is 4.55. The second-order valence-corrected chi connectivity index (χ2v) is 5.75. The van der Waals surface area contributed by atoms with E-state index in [0.717, 1.165) is 25.7 Å². The highest BCUT2D eigenvalue weighted by molar-refractivity contribution is 5.85. The van der Waals surface area contributed by atoms with E-state index in [4.69, 9.17) is 5.73 Å². The molecule has 3 N–H and O–H groups in total. The Labute approximate surface area is 115 Å². The summed E-state index contributed by atoms with van der Waals surface area (Å²) in [4.78, 5) is 12.5. The molecular formula is C16H24N2O. The smallest absolute Gasteiger partial charge is 0.228 e. The fourth-order valence-corrected chi connectivity index (χ4v) is 2.69. The van der Waals surface area contributed by atoms with E-state index < -0.39 is 0 Å². The molecular weight excluding hydrogens is 236 g/mol. The molecule has 3 nitrogen and oxygen atoms in total. The molecule has 0 fully saturated rings. The lowest BCUT2D eigenvalue weighted by molar-refractivity contribution is -0.124. The van der Waals surface area contributed by atoms with Gasteiger partial charge in [0, 0.05) is 12.1 Å². The molecule has 1 aliphatic rings. The number of benzene rings is 1. The number of carbonyl (C=O) groups excluding carboxylic acids is 1. The van der Waals surface area contributed by atoms with Gasteiger partial charge in [0.15, 0.2) is 0 Å². The SMILES string of the molecule is CCC(C)(CN)NC(=O)C1CCCc2ccccc21. The van der Waals surface area contributed by atoms with E-state index in [1.54, 1.807) is 0 Å². The van der Waals surface area contributed by atoms with Gasteiger partial charge in [-0.15, -0.1) is 0 Å². The molecule has 1 aromatic carbocycles. The number of amides is 1. The Morgan fingerprint density at radius 1 is 1.47 bits per heavy atom. The van der Waals surface area contributed by atoms with E-state index in [-0.39, 0.29) is 17.4 Å². The zero-order valence-electron chi connectivity index (χ0n) is 11.9. The molecule has 0 saturated carbocycles. The zero-order valence-corrected chi connectivity index (χ0v) is 11.9. The Kier molecular flexibility index (Phi) is 4.25. The molecule has 2 atom stereocenters. The van der Waals surface area contributed by atoms with Crippen LogP contribution in [-0.4, -0.2) is 18.0 Å². The second-order valence-electron chi connectivity index (χ2n) is 5.75. The lowest BCUT2D eigenvalue weighted by Gasteiger charge is -2.32. The second kappa shape index (κ2) is 5.74. The third kappa shape index (κ3) is 2.98. The van der Waals surface area contributed by atoms with Crippen molar-refractivity contribution in [2.45, 2.75) is 51.0 Å². The largest absolute Gasteiger partial charge is 0.349 e. The monoisotopic (exact) mass is 260 g/mol. The van der Waals surface area contributed by atoms with Gasteiger partial charge in [-0.05, 0) is 43.7 Å². The zero-order chi connectivity index (χ0) is 13.9. The van der Waals surface area contributed by atoms with Crippen molar-refractivity contribution in [3.63, 3.8) is 0 Å². The fourth-order valence-electron chi connectivity index (χ4n) is 2.69. The highest BCUT2D eigenvalue weighted by Crippen LogP contribution is 2.32. The Balaban J connectivity index is 2.17. The maximum Gasteiger partial charge on any atom is 0.228 e. The van der Waals surface area contributed by atoms with Crippen molar-refractivity contribution in [1.29, 1.82) is 0 Å². The summed E-state index contributed by atoms with van der Waals surface area (Å²) in [5, 5.41) is 3.14. The van der Waals surface area contributed by atoms with Gasteiger partial charge in [-0.2, -0.15) is 0 Å². The minimum Gasteiger partial charge on any atom is -0.349 e. The maximum atomic E-state index is 12.5. The Hall–Kier alpha value is -1.35. The molecule has 0 aliphatic heterocycles. The molecule has 0 spiro atoms. The van der Waals surface area contributed by atoms with Crippen molar-refractivity contribution in [2.75, 3.05) is 6.54 Å². The van der Waals surface area contributed by atoms with Gasteiger partial charge in [0.05, 0.1) is 5.92 Å². The molecule has 0 aromatic heterocycles. The van der Waals surface area contributed by atoms with Crippen LogP contribution in [0.4, 0.5) is 0 Å². The van der Waals surface area contributed by atoms with Gasteiger partial charge in [-0.3, -0.25) is 4.79 Å². The number of fused-ring (bicyclic) bond motifs is 1. The standard InChI is InChI=1S/C16H24N2O/c1-3-16(2,11-17)18-15(19)14-10-6-8-12-7-4-5-9-13(12)14/h4-5,7,9,14H,3,6,8,10-11,17H2,1-2H3,(H,18,19). The summed E-state index contributed by atoms with van der Waals surface area (Å²) in [6.07, 6.45) is 3.96. The van der Waals surface area contributed by atoms with Crippen LogP contribution in [0.5, 0.6) is 0 Å². The van der Waals surface area contributed by atoms with Gasteiger partial charge < -0.3 is 11.1 Å². The van der Waals surface area contributed by atoms with E-state index in [1.807, 2.05) is 13.0 Å². The van der Waals surface area contributed by atoms with Crippen LogP contribution in [0.25, 0.3) is 0 Å². The summed E-state index contributed by atoms with van der Waals surface area (Å²) in [5.74, 6) is 0.115. The number of hydrogen-bond donors (Lipinski definition) is 2. The molecule has 0 saturated heterocycles. The third-order valence-electron chi connectivity index (χ3n) is 4.34. The normalized spacial score (nSPS) is 21.3. The van der Waals surface area contributed by atoms with Crippen LogP contribution in [0.3, 0.4) is 0 Å². The molecule has 2 unspecified atom stereocenters. The number of rotatable bonds is 4. The maximum absolute atomic E-state index is 12.5. The minimum atomic E-state index is -0.288. The van der Waals surface area contributed by atoms with E-state index >= 15 is 0 Å². The first-order chi connectivity index (χ1) is 9.09. The number of aryl methyl sites for hydroxylation is 1. The fraction of sp³-hybridized carbons (Fsp3) is 0.562. The molecule has 3 heteroatoms. The van der Waals surface area contributed by atoms with Crippen molar-refractivity contribution in [3.8, 4) is 0 Å². The van der Waals surface area contributed by atoms with E-state index in [1.165, 1.54) is 11.1 Å². The average Bonchev–Trinajstić information content (AvgIpc) is 2.46. The molecule has 1 aliphatic carbocycles. The third-order valence-corrected chi connectivity index (χ3v) is 4.34. The molecule has 0 radical (unpaired) electrons. The van der Waals surface area contributed by atoms with Crippen molar-refractivity contribution in [3.05, 3.63) is 35.4 Å². The predicted octanol–water partition coefficient (Wildman–Crippen LogP) is 2.35. The molecule has 1 aromatic rings. The van der Waals surface area contributed by atoms with Crippen LogP contribution in [0, 0.1) is 0 Å². The number of hydrogen-bond acceptors (Lipinski definition) is 2. The van der Waals surface area contributed by atoms with Gasteiger partial charge in [-0.1, -0.05) is 31.2 Å². The first-order valence-electron chi connectivity index (χ1n) is 7.19. The van der Waals surface area contributed by atoms with Crippen LogP contribution < -0.4 is 11.1 Å². The molecule has 0 bridgehead atoms. The van der Waals surface area contributed by atoms with Crippen molar-refractivity contribution in [1.82, 2.24) is 5.32 Å². The van der Waals surface area contributed by atoms with Crippen LogP contribution in [0.2, 0.25) is 0 Å². The van der Waals surface area contributed by atoms with Crippen molar-refractivity contribution >= 4 is 5.91 Å². The highest BCUT2D eigenvalue weighted by atomic mass is 16.2. The summed E-state index contributed by atoms with van der Waals surface area (Å²) < 4.78 is 0. The predicted molar refractivity (Wildman–Crippen MR) is 78.0 cm³/mol. The lowest BCUT2D eigenvalue weighted by atomic mass is 9.81. The summed E-state index contributed by atoms with van der Waals surface area (Å²) >= 11 is 0. The highest BCUT2D eigenvalue weighted by Gasteiger charge is 2.30. The van der Waals surface area contributed by atoms with Gasteiger partial charge in [0.25, 0.3) is 0 Å². The molecule has 0 heterocycles. The first kappa shape index (κ1) is 14.1. The number of carbonyl (C=O) groups is 1. The van der Waals surface area contributed by atoms with Crippen molar-refractivity contribution < 1.29 is 4.79 Å². The molecule has 1 amide bonds. The van der Waals surface area contributed by atoms with Crippen LogP contribution in [-0.2, 0) is 11.2 Å².